The number of likely N-dealkylation sites (N-methyl/N-ethyl adjacent to an activating group) is 1. The molecule has 0 saturated carbocycles. The van der Waals surface area contributed by atoms with Crippen LogP contribution in [0, 0.1) is 5.92 Å². The van der Waals surface area contributed by atoms with Crippen molar-refractivity contribution in [3.63, 3.8) is 0 Å². The summed E-state index contributed by atoms with van der Waals surface area (Å²) in [5, 5.41) is 3.66. The molecule has 0 radical (unpaired) electrons. The second kappa shape index (κ2) is 12.1. The summed E-state index contributed by atoms with van der Waals surface area (Å²) in [5.41, 5.74) is 1.63. The largest absolute Gasteiger partial charge is 0.463 e. The van der Waals surface area contributed by atoms with Crippen molar-refractivity contribution in [2.45, 2.75) is 40.2 Å². The maximum absolute atomic E-state index is 13.2. The lowest BCUT2D eigenvalue weighted by molar-refractivity contribution is -0.139. The zero-order valence-corrected chi connectivity index (χ0v) is 22.3. The number of nitrogens with zero attached hydrogens (tertiary/aromatic N) is 3. The fraction of sp³-hybridized carbons (Fsp3) is 0.560. The van der Waals surface area contributed by atoms with Crippen LogP contribution in [0.5, 0.6) is 0 Å². The van der Waals surface area contributed by atoms with Crippen LogP contribution in [-0.2, 0) is 14.3 Å². The van der Waals surface area contributed by atoms with E-state index in [2.05, 4.69) is 10.2 Å². The number of nitrogens with one attached hydrogen (secondary N) is 1. The molecular weight excluding hydrogens is 491 g/mol. The quantitative estimate of drug-likeness (QED) is 0.543. The highest BCUT2D eigenvalue weighted by molar-refractivity contribution is 6.42. The number of hydrogen-bond acceptors (Lipinski definition) is 5. The predicted octanol–water partition coefficient (Wildman–Crippen LogP) is 4.09. The van der Waals surface area contributed by atoms with Gasteiger partial charge in [-0.05, 0) is 38.0 Å². The predicted molar refractivity (Wildman–Crippen MR) is 136 cm³/mol. The molecule has 1 aromatic rings. The Bertz CT molecular complexity index is 998. The van der Waals surface area contributed by atoms with Gasteiger partial charge in [-0.15, -0.1) is 0 Å². The first-order valence-corrected chi connectivity index (χ1v) is 12.9. The van der Waals surface area contributed by atoms with Crippen molar-refractivity contribution in [2.24, 2.45) is 5.92 Å². The maximum atomic E-state index is 13.2. The zero-order valence-electron chi connectivity index (χ0n) is 20.8. The van der Waals surface area contributed by atoms with Gasteiger partial charge in [-0.25, -0.2) is 9.59 Å². The van der Waals surface area contributed by atoms with Crippen molar-refractivity contribution in [2.75, 3.05) is 45.9 Å². The third-order valence-corrected chi connectivity index (χ3v) is 7.03. The number of halogens is 2. The number of ether oxygens (including phenoxy) is 1. The molecule has 1 atom stereocenters. The number of urea groups is 1. The van der Waals surface area contributed by atoms with Gasteiger partial charge in [0.15, 0.2) is 0 Å². The number of esters is 1. The topological polar surface area (TPSA) is 82.2 Å². The Balaban J connectivity index is 1.99. The van der Waals surface area contributed by atoms with Gasteiger partial charge >= 0.3 is 12.0 Å². The van der Waals surface area contributed by atoms with Crippen LogP contribution in [-0.4, -0.2) is 78.5 Å². The molecular formula is C25H34Cl2N4O4. The third kappa shape index (κ3) is 6.29. The maximum Gasteiger partial charge on any atom is 0.338 e. The number of amides is 3. The van der Waals surface area contributed by atoms with Crippen LogP contribution in [0.25, 0.3) is 0 Å². The van der Waals surface area contributed by atoms with Gasteiger partial charge in [0.05, 0.1) is 28.3 Å². The van der Waals surface area contributed by atoms with Crippen molar-refractivity contribution < 1.29 is 19.1 Å². The van der Waals surface area contributed by atoms with E-state index >= 15 is 0 Å². The Morgan fingerprint density at radius 1 is 1.11 bits per heavy atom. The molecule has 1 fully saturated rings. The minimum Gasteiger partial charge on any atom is -0.463 e. The van der Waals surface area contributed by atoms with E-state index in [1.54, 1.807) is 30.0 Å². The highest BCUT2D eigenvalue weighted by atomic mass is 35.5. The van der Waals surface area contributed by atoms with Gasteiger partial charge in [0, 0.05) is 50.9 Å². The summed E-state index contributed by atoms with van der Waals surface area (Å²) >= 11 is 12.4. The fourth-order valence-electron chi connectivity index (χ4n) is 4.53. The minimum absolute atomic E-state index is 0.0516. The normalized spacial score (nSPS) is 19.6. The van der Waals surface area contributed by atoms with Gasteiger partial charge in [0.2, 0.25) is 5.91 Å². The first-order chi connectivity index (χ1) is 16.7. The van der Waals surface area contributed by atoms with Crippen LogP contribution in [0.2, 0.25) is 10.0 Å². The molecule has 8 nitrogen and oxygen atoms in total. The van der Waals surface area contributed by atoms with Crippen molar-refractivity contribution >= 4 is 41.1 Å². The monoisotopic (exact) mass is 524 g/mol. The van der Waals surface area contributed by atoms with E-state index in [1.165, 1.54) is 0 Å². The van der Waals surface area contributed by atoms with Crippen molar-refractivity contribution in [3.8, 4) is 0 Å². The van der Waals surface area contributed by atoms with Crippen molar-refractivity contribution in [1.82, 2.24) is 20.0 Å². The average Bonchev–Trinajstić information content (AvgIpc) is 3.05. The van der Waals surface area contributed by atoms with Crippen LogP contribution in [0.15, 0.2) is 29.5 Å². The summed E-state index contributed by atoms with van der Waals surface area (Å²) < 4.78 is 5.43. The molecule has 3 rings (SSSR count). The molecule has 1 N–H and O–H groups in total. The Hall–Kier alpha value is -2.29. The molecule has 0 aromatic heterocycles. The molecule has 1 unspecified atom stereocenters. The van der Waals surface area contributed by atoms with E-state index in [9.17, 15) is 14.4 Å². The van der Waals surface area contributed by atoms with Gasteiger partial charge in [0.1, 0.15) is 0 Å². The molecule has 2 aliphatic heterocycles. The van der Waals surface area contributed by atoms with Crippen LogP contribution in [0.1, 0.15) is 45.7 Å². The zero-order chi connectivity index (χ0) is 25.7. The summed E-state index contributed by atoms with van der Waals surface area (Å²) in [6.45, 7) is 11.1. The molecule has 192 valence electrons. The Labute approximate surface area is 217 Å². The van der Waals surface area contributed by atoms with E-state index in [0.29, 0.717) is 59.6 Å². The number of carbonyl (C=O) groups is 3. The van der Waals surface area contributed by atoms with E-state index in [1.807, 2.05) is 25.7 Å². The highest BCUT2D eigenvalue weighted by Crippen LogP contribution is 2.34. The fourth-order valence-corrected chi connectivity index (χ4v) is 4.83. The van der Waals surface area contributed by atoms with Gasteiger partial charge < -0.3 is 15.0 Å². The minimum atomic E-state index is -0.722. The lowest BCUT2D eigenvalue weighted by atomic mass is 9.94. The molecule has 35 heavy (non-hydrogen) atoms. The van der Waals surface area contributed by atoms with E-state index in [0.717, 1.165) is 13.0 Å². The first kappa shape index (κ1) is 27.3. The van der Waals surface area contributed by atoms with Gasteiger partial charge in [-0.3, -0.25) is 14.6 Å². The SMILES string of the molecule is CCOC(=O)C1=C(CN2CCCN(C(=O)C(C)C)CC2)N(CC)C(=O)NC1c1ccc(Cl)c(Cl)c1. The highest BCUT2D eigenvalue weighted by Gasteiger charge is 2.38. The summed E-state index contributed by atoms with van der Waals surface area (Å²) in [6.07, 6.45) is 0.815. The summed E-state index contributed by atoms with van der Waals surface area (Å²) in [5.74, 6) is -0.391. The molecule has 0 bridgehead atoms. The second-order valence-electron chi connectivity index (χ2n) is 8.99. The second-order valence-corrected chi connectivity index (χ2v) is 9.81. The molecule has 0 spiro atoms. The molecule has 3 amide bonds. The van der Waals surface area contributed by atoms with Gasteiger partial charge in [0.25, 0.3) is 0 Å². The summed E-state index contributed by atoms with van der Waals surface area (Å²) in [7, 11) is 0. The van der Waals surface area contributed by atoms with Crippen LogP contribution >= 0.6 is 23.2 Å². The van der Waals surface area contributed by atoms with E-state index in [-0.39, 0.29) is 24.5 Å². The number of benzene rings is 1. The van der Waals surface area contributed by atoms with Crippen molar-refractivity contribution in [3.05, 3.63) is 45.1 Å². The molecule has 1 aromatic carbocycles. The third-order valence-electron chi connectivity index (χ3n) is 6.29. The Morgan fingerprint density at radius 3 is 2.49 bits per heavy atom. The van der Waals surface area contributed by atoms with Crippen LogP contribution < -0.4 is 5.32 Å². The first-order valence-electron chi connectivity index (χ1n) is 12.1. The van der Waals surface area contributed by atoms with Gasteiger partial charge in [-0.2, -0.15) is 0 Å². The van der Waals surface area contributed by atoms with E-state index in [4.69, 9.17) is 27.9 Å². The van der Waals surface area contributed by atoms with Crippen LogP contribution in [0.3, 0.4) is 0 Å². The van der Waals surface area contributed by atoms with Crippen LogP contribution in [0.4, 0.5) is 4.79 Å². The van der Waals surface area contributed by atoms with Crippen molar-refractivity contribution in [1.29, 1.82) is 0 Å². The molecule has 1 saturated heterocycles. The smallest absolute Gasteiger partial charge is 0.338 e. The lowest BCUT2D eigenvalue weighted by Crippen LogP contribution is -2.51. The Morgan fingerprint density at radius 2 is 1.86 bits per heavy atom. The van der Waals surface area contributed by atoms with Gasteiger partial charge in [-0.1, -0.05) is 43.1 Å². The number of hydrogen-bond donors (Lipinski definition) is 1. The Kier molecular flexibility index (Phi) is 9.44. The summed E-state index contributed by atoms with van der Waals surface area (Å²) in [6, 6.07) is 4.04. The number of rotatable bonds is 7. The molecule has 10 heteroatoms. The van der Waals surface area contributed by atoms with E-state index < -0.39 is 12.0 Å². The molecule has 2 heterocycles. The molecule has 2 aliphatic rings. The lowest BCUT2D eigenvalue weighted by Gasteiger charge is -2.38. The number of carbonyl (C=O) groups excluding carboxylic acids is 3. The standard InChI is InChI=1S/C25H34Cl2N4O4/c1-5-31-20(15-29-10-7-11-30(13-12-29)23(32)16(3)4)21(24(33)35-6-2)22(28-25(31)34)17-8-9-18(26)19(27)14-17/h8-9,14,16,22H,5-7,10-13,15H2,1-4H3,(H,28,34). The molecule has 0 aliphatic carbocycles. The summed E-state index contributed by atoms with van der Waals surface area (Å²) in [4.78, 5) is 44.6. The average molecular weight is 525 g/mol.